The minimum absolute atomic E-state index is 0.0643. The van der Waals surface area contributed by atoms with Crippen molar-refractivity contribution >= 4 is 39.1 Å². The molecule has 8 nitrogen and oxygen atoms in total. The van der Waals surface area contributed by atoms with Crippen LogP contribution in [0, 0.1) is 0 Å². The number of nitrogens with zero attached hydrogens (tertiary/aromatic N) is 2. The average Bonchev–Trinajstić information content (AvgIpc) is 2.80. The zero-order valence-electron chi connectivity index (χ0n) is 21.5. The lowest BCUT2D eigenvalue weighted by atomic mass is 10.1. The number of hydrogen-bond donors (Lipinski definition) is 1. The lowest BCUT2D eigenvalue weighted by Gasteiger charge is -2.31. The van der Waals surface area contributed by atoms with Gasteiger partial charge in [0.15, 0.2) is 0 Å². The summed E-state index contributed by atoms with van der Waals surface area (Å²) in [5.74, 6) is 0.255. The average molecular weight is 538 g/mol. The van der Waals surface area contributed by atoms with Gasteiger partial charge in [-0.25, -0.2) is 8.42 Å². The lowest BCUT2D eigenvalue weighted by Crippen LogP contribution is -2.50. The molecule has 0 aliphatic rings. The zero-order valence-corrected chi connectivity index (χ0v) is 23.1. The minimum Gasteiger partial charge on any atom is -0.497 e. The normalized spacial score (nSPS) is 12.2. The summed E-state index contributed by atoms with van der Waals surface area (Å²) in [6.07, 6.45) is 1.92. The SMILES string of the molecule is CC[C@H](C(=O)NC(C)C)N(Cc1ccc(OC)cc1)C(=O)CCCN(c1cccc(Cl)c1)S(C)(=O)=O. The van der Waals surface area contributed by atoms with Crippen LogP contribution in [0.4, 0.5) is 5.69 Å². The first kappa shape index (κ1) is 29.5. The van der Waals surface area contributed by atoms with E-state index in [1.807, 2.05) is 45.0 Å². The summed E-state index contributed by atoms with van der Waals surface area (Å²) >= 11 is 6.05. The molecule has 2 aromatic carbocycles. The molecule has 0 aromatic heterocycles. The van der Waals surface area contributed by atoms with E-state index in [-0.39, 0.29) is 43.8 Å². The molecule has 0 aliphatic heterocycles. The highest BCUT2D eigenvalue weighted by Crippen LogP contribution is 2.23. The maximum atomic E-state index is 13.4. The number of carbonyl (C=O) groups is 2. The van der Waals surface area contributed by atoms with Crippen molar-refractivity contribution in [3.8, 4) is 5.75 Å². The summed E-state index contributed by atoms with van der Waals surface area (Å²) in [5.41, 5.74) is 1.30. The summed E-state index contributed by atoms with van der Waals surface area (Å²) in [5, 5.41) is 3.32. The van der Waals surface area contributed by atoms with Crippen LogP contribution in [0.2, 0.25) is 5.02 Å². The number of rotatable bonds is 13. The third-order valence-electron chi connectivity index (χ3n) is 5.58. The number of carbonyl (C=O) groups excluding carboxylic acids is 2. The van der Waals surface area contributed by atoms with Gasteiger partial charge in [0.2, 0.25) is 21.8 Å². The number of hydrogen-bond acceptors (Lipinski definition) is 5. The molecule has 0 radical (unpaired) electrons. The van der Waals surface area contributed by atoms with Gasteiger partial charge in [-0.2, -0.15) is 0 Å². The number of methoxy groups -OCH3 is 1. The van der Waals surface area contributed by atoms with Crippen LogP contribution < -0.4 is 14.4 Å². The Kier molecular flexibility index (Phi) is 11.0. The number of benzene rings is 2. The maximum absolute atomic E-state index is 13.4. The Morgan fingerprint density at radius 2 is 1.78 bits per heavy atom. The van der Waals surface area contributed by atoms with Gasteiger partial charge >= 0.3 is 0 Å². The second-order valence-electron chi connectivity index (χ2n) is 8.88. The summed E-state index contributed by atoms with van der Waals surface area (Å²) in [6, 6.07) is 13.2. The van der Waals surface area contributed by atoms with Crippen LogP contribution in [-0.2, 0) is 26.2 Å². The summed E-state index contributed by atoms with van der Waals surface area (Å²) in [6.45, 7) is 5.96. The molecule has 198 valence electrons. The highest BCUT2D eigenvalue weighted by molar-refractivity contribution is 7.92. The summed E-state index contributed by atoms with van der Waals surface area (Å²) < 4.78 is 31.3. The van der Waals surface area contributed by atoms with Crippen molar-refractivity contribution in [2.24, 2.45) is 0 Å². The Labute approximate surface area is 219 Å². The topological polar surface area (TPSA) is 96.0 Å². The fourth-order valence-corrected chi connectivity index (χ4v) is 5.00. The van der Waals surface area contributed by atoms with E-state index in [2.05, 4.69) is 5.32 Å². The van der Waals surface area contributed by atoms with E-state index < -0.39 is 16.1 Å². The molecular weight excluding hydrogens is 502 g/mol. The zero-order chi connectivity index (χ0) is 26.9. The van der Waals surface area contributed by atoms with Crippen molar-refractivity contribution in [1.82, 2.24) is 10.2 Å². The predicted octanol–water partition coefficient (Wildman–Crippen LogP) is 4.23. The molecular formula is C26H36ClN3O5S. The molecule has 0 spiro atoms. The summed E-state index contributed by atoms with van der Waals surface area (Å²) in [4.78, 5) is 27.9. The van der Waals surface area contributed by atoms with Crippen molar-refractivity contribution < 1.29 is 22.7 Å². The number of sulfonamides is 1. The highest BCUT2D eigenvalue weighted by atomic mass is 35.5. The van der Waals surface area contributed by atoms with Gasteiger partial charge in [-0.3, -0.25) is 13.9 Å². The number of nitrogens with one attached hydrogen (secondary N) is 1. The Balaban J connectivity index is 2.22. The molecule has 1 atom stereocenters. The van der Waals surface area contributed by atoms with Crippen molar-refractivity contribution in [3.63, 3.8) is 0 Å². The van der Waals surface area contributed by atoms with Gasteiger partial charge in [0, 0.05) is 30.6 Å². The summed E-state index contributed by atoms with van der Waals surface area (Å²) in [7, 11) is -2.00. The van der Waals surface area contributed by atoms with Crippen molar-refractivity contribution in [1.29, 1.82) is 0 Å². The van der Waals surface area contributed by atoms with Gasteiger partial charge in [-0.05, 0) is 62.6 Å². The third kappa shape index (κ3) is 8.71. The molecule has 1 N–H and O–H groups in total. The number of ether oxygens (including phenoxy) is 1. The lowest BCUT2D eigenvalue weighted by molar-refractivity contribution is -0.141. The van der Waals surface area contributed by atoms with E-state index >= 15 is 0 Å². The first-order valence-corrected chi connectivity index (χ1v) is 14.1. The van der Waals surface area contributed by atoms with E-state index in [1.54, 1.807) is 36.3 Å². The molecule has 0 bridgehead atoms. The fourth-order valence-electron chi connectivity index (χ4n) is 3.86. The van der Waals surface area contributed by atoms with Crippen molar-refractivity contribution in [2.45, 2.75) is 58.7 Å². The first-order valence-electron chi connectivity index (χ1n) is 11.9. The van der Waals surface area contributed by atoms with Crippen LogP contribution >= 0.6 is 11.6 Å². The molecule has 2 amide bonds. The molecule has 36 heavy (non-hydrogen) atoms. The minimum atomic E-state index is -3.58. The largest absolute Gasteiger partial charge is 0.497 e. The van der Waals surface area contributed by atoms with Crippen LogP contribution in [-0.4, -0.2) is 57.1 Å². The molecule has 0 aliphatic carbocycles. The van der Waals surface area contributed by atoms with Crippen LogP contribution in [0.1, 0.15) is 45.6 Å². The number of halogens is 1. The van der Waals surface area contributed by atoms with Gasteiger partial charge in [-0.1, -0.05) is 36.7 Å². The molecule has 0 unspecified atom stereocenters. The van der Waals surface area contributed by atoms with Gasteiger partial charge in [0.1, 0.15) is 11.8 Å². The molecule has 2 aromatic rings. The van der Waals surface area contributed by atoms with Crippen LogP contribution in [0.15, 0.2) is 48.5 Å². The smallest absolute Gasteiger partial charge is 0.243 e. The highest BCUT2D eigenvalue weighted by Gasteiger charge is 2.29. The van der Waals surface area contributed by atoms with Crippen LogP contribution in [0.5, 0.6) is 5.75 Å². The van der Waals surface area contributed by atoms with E-state index in [0.717, 1.165) is 11.8 Å². The van der Waals surface area contributed by atoms with Gasteiger partial charge in [0.25, 0.3) is 0 Å². The number of amides is 2. The molecule has 0 saturated heterocycles. The standard InChI is InChI=1S/C26H36ClN3O5S/c1-6-24(26(32)28-19(2)3)29(18-20-12-14-23(35-4)15-13-20)25(31)11-8-16-30(36(5,33)34)22-10-7-9-21(27)17-22/h7,9-10,12-15,17,19,24H,6,8,11,16,18H2,1-5H3,(H,28,32)/t24-/m1/s1. The Morgan fingerprint density at radius 3 is 2.31 bits per heavy atom. The van der Waals surface area contributed by atoms with E-state index in [1.165, 1.54) is 4.31 Å². The Hall–Kier alpha value is -2.78. The predicted molar refractivity (Wildman–Crippen MR) is 144 cm³/mol. The van der Waals surface area contributed by atoms with E-state index in [9.17, 15) is 18.0 Å². The van der Waals surface area contributed by atoms with Crippen molar-refractivity contribution in [3.05, 3.63) is 59.1 Å². The van der Waals surface area contributed by atoms with Gasteiger partial charge < -0.3 is 15.0 Å². The van der Waals surface area contributed by atoms with Crippen molar-refractivity contribution in [2.75, 3.05) is 24.2 Å². The Morgan fingerprint density at radius 1 is 1.11 bits per heavy atom. The van der Waals surface area contributed by atoms with E-state index in [0.29, 0.717) is 22.9 Å². The molecule has 2 rings (SSSR count). The maximum Gasteiger partial charge on any atom is 0.243 e. The molecule has 0 fully saturated rings. The van der Waals surface area contributed by atoms with Gasteiger partial charge in [-0.15, -0.1) is 0 Å². The fraction of sp³-hybridized carbons (Fsp3) is 0.462. The quantitative estimate of drug-likeness (QED) is 0.412. The van der Waals surface area contributed by atoms with E-state index in [4.69, 9.17) is 16.3 Å². The number of anilines is 1. The Bertz CT molecular complexity index is 1120. The monoisotopic (exact) mass is 537 g/mol. The van der Waals surface area contributed by atoms with Gasteiger partial charge in [0.05, 0.1) is 19.1 Å². The van der Waals surface area contributed by atoms with Crippen LogP contribution in [0.25, 0.3) is 0 Å². The van der Waals surface area contributed by atoms with Crippen LogP contribution in [0.3, 0.4) is 0 Å². The third-order valence-corrected chi connectivity index (χ3v) is 7.01. The molecule has 0 heterocycles. The first-order chi connectivity index (χ1) is 17.0. The second kappa shape index (κ2) is 13.5. The second-order valence-corrected chi connectivity index (χ2v) is 11.2. The molecule has 10 heteroatoms. The molecule has 0 saturated carbocycles.